The molecule has 132 valence electrons. The van der Waals surface area contributed by atoms with Gasteiger partial charge in [-0.2, -0.15) is 21.0 Å². The molecule has 0 heterocycles. The number of nitriles is 4. The van der Waals surface area contributed by atoms with Crippen molar-refractivity contribution in [2.75, 3.05) is 0 Å². The molecular formula is C24H16N4. The van der Waals surface area contributed by atoms with E-state index in [-0.39, 0.29) is 0 Å². The van der Waals surface area contributed by atoms with Crippen molar-refractivity contribution in [1.82, 2.24) is 0 Å². The first-order chi connectivity index (χ1) is 13.6. The second kappa shape index (κ2) is 5.82. The fourth-order valence-corrected chi connectivity index (χ4v) is 5.31. The van der Waals surface area contributed by atoms with Crippen LogP contribution < -0.4 is 0 Å². The number of rotatable bonds is 2. The van der Waals surface area contributed by atoms with Crippen LogP contribution in [-0.4, -0.2) is 0 Å². The minimum Gasteiger partial charge on any atom is -0.196 e. The molecule has 0 N–H and O–H groups in total. The first kappa shape index (κ1) is 17.5. The lowest BCUT2D eigenvalue weighted by Crippen LogP contribution is -2.67. The zero-order chi connectivity index (χ0) is 19.9. The Bertz CT molecular complexity index is 1000. The van der Waals surface area contributed by atoms with Gasteiger partial charge in [-0.1, -0.05) is 72.8 Å². The Morgan fingerprint density at radius 1 is 0.536 bits per heavy atom. The van der Waals surface area contributed by atoms with E-state index in [4.69, 9.17) is 0 Å². The third-order valence-electron chi connectivity index (χ3n) is 6.72. The number of nitrogens with zero attached hydrogens (tertiary/aromatic N) is 4. The molecule has 0 spiro atoms. The van der Waals surface area contributed by atoms with Gasteiger partial charge in [-0.25, -0.2) is 0 Å². The molecule has 3 aliphatic rings. The van der Waals surface area contributed by atoms with Crippen molar-refractivity contribution in [2.45, 2.75) is 23.7 Å². The lowest BCUT2D eigenvalue weighted by Gasteiger charge is -2.61. The normalized spacial score (nSPS) is 28.3. The van der Waals surface area contributed by atoms with E-state index >= 15 is 0 Å². The van der Waals surface area contributed by atoms with E-state index < -0.39 is 21.7 Å². The van der Waals surface area contributed by atoms with E-state index in [2.05, 4.69) is 24.3 Å². The van der Waals surface area contributed by atoms with Gasteiger partial charge in [0.25, 0.3) is 0 Å². The molecule has 0 unspecified atom stereocenters. The third kappa shape index (κ3) is 1.66. The van der Waals surface area contributed by atoms with Crippen molar-refractivity contribution in [2.24, 2.45) is 10.8 Å². The zero-order valence-electron chi connectivity index (χ0n) is 15.1. The Balaban J connectivity index is 2.16. The monoisotopic (exact) mass is 360 g/mol. The van der Waals surface area contributed by atoms with Crippen LogP contribution in [0.2, 0.25) is 0 Å². The van der Waals surface area contributed by atoms with Crippen molar-refractivity contribution >= 4 is 0 Å². The van der Waals surface area contributed by atoms with Crippen LogP contribution >= 0.6 is 0 Å². The Labute approximate surface area is 164 Å². The summed E-state index contributed by atoms with van der Waals surface area (Å²) in [5.74, 6) is 0. The van der Waals surface area contributed by atoms with Crippen molar-refractivity contribution < 1.29 is 0 Å². The van der Waals surface area contributed by atoms with E-state index in [0.29, 0.717) is 12.8 Å². The molecule has 2 aromatic rings. The van der Waals surface area contributed by atoms with E-state index in [0.717, 1.165) is 11.1 Å². The molecule has 0 aromatic heterocycles. The van der Waals surface area contributed by atoms with E-state index in [1.165, 1.54) is 0 Å². The summed E-state index contributed by atoms with van der Waals surface area (Å²) >= 11 is 0. The molecule has 0 amide bonds. The average molecular weight is 360 g/mol. The second-order valence-corrected chi connectivity index (χ2v) is 7.46. The summed E-state index contributed by atoms with van der Waals surface area (Å²) in [6.07, 6.45) is 4.82. The predicted molar refractivity (Wildman–Crippen MR) is 102 cm³/mol. The average Bonchev–Trinajstić information content (AvgIpc) is 2.80. The molecule has 2 bridgehead atoms. The summed E-state index contributed by atoms with van der Waals surface area (Å²) in [6, 6.07) is 27.3. The molecular weight excluding hydrogens is 344 g/mol. The molecule has 0 aliphatic heterocycles. The number of hydrogen-bond donors (Lipinski definition) is 0. The molecule has 0 saturated heterocycles. The molecule has 4 nitrogen and oxygen atoms in total. The molecule has 1 saturated carbocycles. The Morgan fingerprint density at radius 3 is 1.11 bits per heavy atom. The van der Waals surface area contributed by atoms with Crippen molar-refractivity contribution in [3.8, 4) is 24.3 Å². The number of allylic oxidation sites excluding steroid dienone is 2. The van der Waals surface area contributed by atoms with Crippen LogP contribution in [0.25, 0.3) is 0 Å². The fraction of sp³-hybridized carbons (Fsp3) is 0.250. The summed E-state index contributed by atoms with van der Waals surface area (Å²) in [7, 11) is 0. The quantitative estimate of drug-likeness (QED) is 0.746. The maximum Gasteiger partial charge on any atom is 0.189 e. The zero-order valence-corrected chi connectivity index (χ0v) is 15.1. The van der Waals surface area contributed by atoms with Crippen molar-refractivity contribution in [3.05, 3.63) is 83.9 Å². The van der Waals surface area contributed by atoms with Gasteiger partial charge >= 0.3 is 0 Å². The predicted octanol–water partition coefficient (Wildman–Crippen LogP) is 4.29. The van der Waals surface area contributed by atoms with Crippen LogP contribution in [0.3, 0.4) is 0 Å². The van der Waals surface area contributed by atoms with Crippen LogP contribution in [0.4, 0.5) is 0 Å². The molecule has 4 heteroatoms. The molecule has 28 heavy (non-hydrogen) atoms. The van der Waals surface area contributed by atoms with Gasteiger partial charge in [0.1, 0.15) is 0 Å². The first-order valence-electron chi connectivity index (χ1n) is 9.08. The smallest absolute Gasteiger partial charge is 0.189 e. The van der Waals surface area contributed by atoms with Crippen molar-refractivity contribution in [1.29, 1.82) is 21.0 Å². The molecule has 3 aliphatic carbocycles. The van der Waals surface area contributed by atoms with Crippen LogP contribution in [0.15, 0.2) is 72.8 Å². The van der Waals surface area contributed by atoms with Crippen LogP contribution in [0.1, 0.15) is 24.0 Å². The molecule has 2 aromatic carbocycles. The number of hydrogen-bond acceptors (Lipinski definition) is 4. The highest BCUT2D eigenvalue weighted by Gasteiger charge is 2.78. The van der Waals surface area contributed by atoms with E-state index in [1.807, 2.05) is 72.8 Å². The van der Waals surface area contributed by atoms with Gasteiger partial charge in [-0.15, -0.1) is 0 Å². The maximum absolute atomic E-state index is 10.3. The highest BCUT2D eigenvalue weighted by Crippen LogP contribution is 2.71. The van der Waals surface area contributed by atoms with Crippen LogP contribution in [-0.2, 0) is 10.8 Å². The number of fused-ring (bicyclic) bond motifs is 2. The van der Waals surface area contributed by atoms with Gasteiger partial charge in [0, 0.05) is 10.8 Å². The molecule has 1 fully saturated rings. The summed E-state index contributed by atoms with van der Waals surface area (Å²) in [5, 5.41) is 41.4. The van der Waals surface area contributed by atoms with Crippen LogP contribution in [0, 0.1) is 56.2 Å². The van der Waals surface area contributed by atoms with Gasteiger partial charge < -0.3 is 0 Å². The van der Waals surface area contributed by atoms with Gasteiger partial charge in [0.05, 0.1) is 24.3 Å². The highest BCUT2D eigenvalue weighted by molar-refractivity contribution is 5.61. The van der Waals surface area contributed by atoms with Gasteiger partial charge in [0.15, 0.2) is 10.8 Å². The minimum atomic E-state index is -1.84. The minimum absolute atomic E-state index is 0.509. The molecule has 5 rings (SSSR count). The Kier molecular flexibility index (Phi) is 3.65. The fourth-order valence-electron chi connectivity index (χ4n) is 5.31. The first-order valence-corrected chi connectivity index (χ1v) is 9.08. The topological polar surface area (TPSA) is 95.2 Å². The lowest BCUT2D eigenvalue weighted by molar-refractivity contribution is 0.0351. The van der Waals surface area contributed by atoms with E-state index in [1.54, 1.807) is 0 Å². The van der Waals surface area contributed by atoms with Crippen LogP contribution in [0.5, 0.6) is 0 Å². The maximum atomic E-state index is 10.3. The summed E-state index contributed by atoms with van der Waals surface area (Å²) in [5.41, 5.74) is -4.14. The summed E-state index contributed by atoms with van der Waals surface area (Å²) < 4.78 is 0. The Morgan fingerprint density at radius 2 is 0.857 bits per heavy atom. The highest BCUT2D eigenvalue weighted by atomic mass is 14.7. The summed E-state index contributed by atoms with van der Waals surface area (Å²) in [4.78, 5) is 0. The Hall–Kier alpha value is -3.86. The lowest BCUT2D eigenvalue weighted by atomic mass is 9.34. The SMILES string of the molecule is N#CC1(C#N)C(C#N)(C#N)[C@]2(c3ccccc3)C=C[C@@]1(c1ccccc1)CC2. The largest absolute Gasteiger partial charge is 0.196 e. The molecule has 0 radical (unpaired) electrons. The van der Waals surface area contributed by atoms with Gasteiger partial charge in [-0.05, 0) is 24.0 Å². The third-order valence-corrected chi connectivity index (χ3v) is 6.72. The number of benzene rings is 2. The standard InChI is InChI=1S/C24H16N4/c25-15-23(16-26)21(19-7-3-1-4-8-19)11-13-22(14-12-21,24(23,17-27)18-28)20-9-5-2-6-10-20/h1-11,13H,12,14H2/t21-,22+. The van der Waals surface area contributed by atoms with Gasteiger partial charge in [0.2, 0.25) is 0 Å². The van der Waals surface area contributed by atoms with Crippen molar-refractivity contribution in [3.63, 3.8) is 0 Å². The molecule has 2 atom stereocenters. The van der Waals surface area contributed by atoms with Gasteiger partial charge in [-0.3, -0.25) is 0 Å². The second-order valence-electron chi connectivity index (χ2n) is 7.46. The van der Waals surface area contributed by atoms with E-state index in [9.17, 15) is 21.0 Å². The summed E-state index contributed by atoms with van der Waals surface area (Å²) in [6.45, 7) is 0.